The van der Waals surface area contributed by atoms with Gasteiger partial charge in [0.25, 0.3) is 0 Å². The average Bonchev–Trinajstić information content (AvgIpc) is 2.74. The summed E-state index contributed by atoms with van der Waals surface area (Å²) >= 11 is 0. The van der Waals surface area contributed by atoms with Gasteiger partial charge in [-0.05, 0) is 45.4 Å². The van der Waals surface area contributed by atoms with E-state index in [1.54, 1.807) is 20.8 Å². The lowest BCUT2D eigenvalue weighted by Gasteiger charge is -2.43. The Balaban J connectivity index is 2.23. The number of para-hydroxylation sites is 1. The molecule has 0 saturated heterocycles. The number of anilines is 1. The van der Waals surface area contributed by atoms with Crippen LogP contribution in [-0.2, 0) is 19.1 Å². The molecule has 2 N–H and O–H groups in total. The number of rotatable bonds is 7. The van der Waals surface area contributed by atoms with Crippen LogP contribution in [0.15, 0.2) is 65.9 Å². The van der Waals surface area contributed by atoms with Gasteiger partial charge >= 0.3 is 11.9 Å². The lowest BCUT2D eigenvalue weighted by molar-refractivity contribution is -0.159. The van der Waals surface area contributed by atoms with Crippen LogP contribution < -0.4 is 5.32 Å². The fourth-order valence-electron chi connectivity index (χ4n) is 4.30. The number of carbonyl (C=O) groups is 2. The standard InChI is InChI=1S/C26H31NO5/c1-5-31-24(28)22-20(27-19-10-8-7-9-11-19)16-26(4,30)23(25(29)32-6-2)21(22)18-14-12-17(3)13-15-18/h7-15,21,23,27,30H,5-6,16H2,1-4H3/t21-,23-,26-/m1/s1. The highest BCUT2D eigenvalue weighted by atomic mass is 16.5. The molecule has 1 aliphatic carbocycles. The number of aryl methyl sites for hydroxylation is 1. The molecule has 0 spiro atoms. The van der Waals surface area contributed by atoms with Crippen molar-refractivity contribution < 1.29 is 24.2 Å². The van der Waals surface area contributed by atoms with E-state index in [2.05, 4.69) is 5.32 Å². The third-order valence-electron chi connectivity index (χ3n) is 5.72. The number of nitrogens with one attached hydrogen (secondary N) is 1. The van der Waals surface area contributed by atoms with E-state index in [4.69, 9.17) is 9.47 Å². The minimum absolute atomic E-state index is 0.0713. The van der Waals surface area contributed by atoms with Crippen molar-refractivity contribution in [2.75, 3.05) is 18.5 Å². The molecule has 3 rings (SSSR count). The summed E-state index contributed by atoms with van der Waals surface area (Å²) in [6.07, 6.45) is 0.0713. The first-order valence-electron chi connectivity index (χ1n) is 11.0. The molecule has 0 aromatic heterocycles. The van der Waals surface area contributed by atoms with E-state index in [1.807, 2.05) is 61.5 Å². The molecule has 0 radical (unpaired) electrons. The summed E-state index contributed by atoms with van der Waals surface area (Å²) in [6.45, 7) is 7.42. The predicted molar refractivity (Wildman–Crippen MR) is 123 cm³/mol. The second-order valence-corrected chi connectivity index (χ2v) is 8.26. The van der Waals surface area contributed by atoms with Gasteiger partial charge < -0.3 is 19.9 Å². The Bertz CT molecular complexity index is 979. The highest BCUT2D eigenvalue weighted by Gasteiger charge is 2.52. The van der Waals surface area contributed by atoms with Crippen LogP contribution in [-0.4, -0.2) is 35.9 Å². The molecule has 6 nitrogen and oxygen atoms in total. The second kappa shape index (κ2) is 10.0. The quantitative estimate of drug-likeness (QED) is 0.627. The molecule has 0 saturated carbocycles. The van der Waals surface area contributed by atoms with Gasteiger partial charge in [-0.15, -0.1) is 0 Å². The topological polar surface area (TPSA) is 84.9 Å². The number of aliphatic hydroxyl groups is 1. The van der Waals surface area contributed by atoms with Crippen LogP contribution in [0.3, 0.4) is 0 Å². The number of esters is 2. The van der Waals surface area contributed by atoms with Crippen LogP contribution in [0.2, 0.25) is 0 Å². The molecule has 0 heterocycles. The summed E-state index contributed by atoms with van der Waals surface area (Å²) in [7, 11) is 0. The van der Waals surface area contributed by atoms with Crippen molar-refractivity contribution in [2.45, 2.75) is 45.6 Å². The van der Waals surface area contributed by atoms with E-state index in [1.165, 1.54) is 0 Å². The molecule has 1 aliphatic rings. The fraction of sp³-hybridized carbons (Fsp3) is 0.385. The smallest absolute Gasteiger partial charge is 0.336 e. The van der Waals surface area contributed by atoms with Crippen molar-refractivity contribution in [3.63, 3.8) is 0 Å². The summed E-state index contributed by atoms with van der Waals surface area (Å²) in [6, 6.07) is 17.0. The molecule has 0 bridgehead atoms. The third-order valence-corrected chi connectivity index (χ3v) is 5.72. The molecule has 6 heteroatoms. The lowest BCUT2D eigenvalue weighted by Crippen LogP contribution is -2.49. The Morgan fingerprint density at radius 1 is 1.03 bits per heavy atom. The van der Waals surface area contributed by atoms with E-state index < -0.39 is 29.4 Å². The predicted octanol–water partition coefficient (Wildman–Crippen LogP) is 4.34. The second-order valence-electron chi connectivity index (χ2n) is 8.26. The SMILES string of the molecule is CCOC(=O)C1=C(Nc2ccccc2)C[C@@](C)(O)[C@@H](C(=O)OCC)[C@@H]1c1ccc(C)cc1. The number of benzene rings is 2. The Kier molecular flexibility index (Phi) is 7.36. The van der Waals surface area contributed by atoms with Crippen molar-refractivity contribution in [1.29, 1.82) is 0 Å². The molecule has 3 atom stereocenters. The van der Waals surface area contributed by atoms with Gasteiger partial charge in [-0.1, -0.05) is 48.0 Å². The maximum Gasteiger partial charge on any atom is 0.336 e. The minimum Gasteiger partial charge on any atom is -0.466 e. The van der Waals surface area contributed by atoms with Crippen LogP contribution in [0.25, 0.3) is 0 Å². The maximum atomic E-state index is 13.2. The molecule has 0 amide bonds. The molecule has 170 valence electrons. The van der Waals surface area contributed by atoms with Crippen molar-refractivity contribution in [3.05, 3.63) is 77.0 Å². The van der Waals surface area contributed by atoms with Gasteiger partial charge in [-0.3, -0.25) is 4.79 Å². The summed E-state index contributed by atoms with van der Waals surface area (Å²) in [5, 5.41) is 14.8. The first kappa shape index (κ1) is 23.5. The Hall–Kier alpha value is -3.12. The molecule has 2 aromatic rings. The number of carbonyl (C=O) groups excluding carboxylic acids is 2. The number of ether oxygens (including phenoxy) is 2. The molecule has 0 unspecified atom stereocenters. The molecule has 32 heavy (non-hydrogen) atoms. The average molecular weight is 438 g/mol. The van der Waals surface area contributed by atoms with Gasteiger partial charge in [-0.25, -0.2) is 4.79 Å². The van der Waals surface area contributed by atoms with Crippen LogP contribution in [0.4, 0.5) is 5.69 Å². The highest BCUT2D eigenvalue weighted by Crippen LogP contribution is 2.48. The van der Waals surface area contributed by atoms with Crippen LogP contribution in [0.5, 0.6) is 0 Å². The fourth-order valence-corrected chi connectivity index (χ4v) is 4.30. The zero-order chi connectivity index (χ0) is 23.3. The van der Waals surface area contributed by atoms with Crippen LogP contribution in [0.1, 0.15) is 44.2 Å². The summed E-state index contributed by atoms with van der Waals surface area (Å²) < 4.78 is 10.8. The molecular formula is C26H31NO5. The van der Waals surface area contributed by atoms with E-state index >= 15 is 0 Å². The molecule has 2 aromatic carbocycles. The molecular weight excluding hydrogens is 406 g/mol. The largest absolute Gasteiger partial charge is 0.466 e. The van der Waals surface area contributed by atoms with Crippen LogP contribution in [0, 0.1) is 12.8 Å². The zero-order valence-electron chi connectivity index (χ0n) is 19.1. The van der Waals surface area contributed by atoms with E-state index in [0.29, 0.717) is 11.3 Å². The zero-order valence-corrected chi connectivity index (χ0v) is 19.1. The van der Waals surface area contributed by atoms with E-state index in [9.17, 15) is 14.7 Å². The van der Waals surface area contributed by atoms with Gasteiger partial charge in [0.1, 0.15) is 0 Å². The maximum absolute atomic E-state index is 13.2. The first-order valence-corrected chi connectivity index (χ1v) is 11.0. The summed E-state index contributed by atoms with van der Waals surface area (Å²) in [5.74, 6) is -2.75. The normalized spacial score (nSPS) is 22.9. The van der Waals surface area contributed by atoms with E-state index in [0.717, 1.165) is 16.8 Å². The van der Waals surface area contributed by atoms with Crippen molar-refractivity contribution in [2.24, 2.45) is 5.92 Å². The third kappa shape index (κ3) is 5.02. The molecule has 0 fully saturated rings. The van der Waals surface area contributed by atoms with Crippen molar-refractivity contribution >= 4 is 17.6 Å². The Labute approximate surface area is 189 Å². The van der Waals surface area contributed by atoms with Gasteiger partial charge in [0.2, 0.25) is 0 Å². The Morgan fingerprint density at radius 3 is 2.25 bits per heavy atom. The highest BCUT2D eigenvalue weighted by molar-refractivity contribution is 5.94. The summed E-state index contributed by atoms with van der Waals surface area (Å²) in [5.41, 5.74) is 1.99. The number of hydrogen-bond acceptors (Lipinski definition) is 6. The van der Waals surface area contributed by atoms with Crippen LogP contribution >= 0.6 is 0 Å². The monoisotopic (exact) mass is 437 g/mol. The Morgan fingerprint density at radius 2 is 1.66 bits per heavy atom. The van der Waals surface area contributed by atoms with Gasteiger partial charge in [0.05, 0.1) is 30.3 Å². The number of hydrogen-bond donors (Lipinski definition) is 2. The van der Waals surface area contributed by atoms with E-state index in [-0.39, 0.29) is 19.6 Å². The lowest BCUT2D eigenvalue weighted by atomic mass is 9.65. The van der Waals surface area contributed by atoms with Crippen molar-refractivity contribution in [1.82, 2.24) is 0 Å². The first-order chi connectivity index (χ1) is 15.3. The minimum atomic E-state index is -1.45. The van der Waals surface area contributed by atoms with Gasteiger partial charge in [0.15, 0.2) is 0 Å². The van der Waals surface area contributed by atoms with Crippen molar-refractivity contribution in [3.8, 4) is 0 Å². The summed E-state index contributed by atoms with van der Waals surface area (Å²) in [4.78, 5) is 26.3. The molecule has 0 aliphatic heterocycles. The van der Waals surface area contributed by atoms with Gasteiger partial charge in [-0.2, -0.15) is 0 Å². The van der Waals surface area contributed by atoms with Gasteiger partial charge in [0, 0.05) is 23.7 Å².